The normalized spacial score (nSPS) is 11.2. The van der Waals surface area contributed by atoms with E-state index in [-0.39, 0.29) is 18.8 Å². The highest BCUT2D eigenvalue weighted by molar-refractivity contribution is 6.02. The summed E-state index contributed by atoms with van der Waals surface area (Å²) >= 11 is 0. The standard InChI is InChI=1S/C18H17N3O3/c1-24-17-6-5-13(4-2-9-22)10-14(17)11-16(23)15-12-20-21-8-3-7-19-18(15)21/h2-8,10,12,22H,9,11H2,1H3/b4-2+. The highest BCUT2D eigenvalue weighted by Crippen LogP contribution is 2.23. The first kappa shape index (κ1) is 15.9. The first-order valence-corrected chi connectivity index (χ1v) is 7.49. The second-order valence-electron chi connectivity index (χ2n) is 5.20. The van der Waals surface area contributed by atoms with Crippen LogP contribution in [0.15, 0.2) is 48.9 Å². The van der Waals surface area contributed by atoms with Crippen LogP contribution in [-0.4, -0.2) is 39.2 Å². The predicted molar refractivity (Wildman–Crippen MR) is 90.1 cm³/mol. The third-order valence-corrected chi connectivity index (χ3v) is 3.65. The zero-order chi connectivity index (χ0) is 16.9. The number of carbonyl (C=O) groups excluding carboxylic acids is 1. The van der Waals surface area contributed by atoms with E-state index >= 15 is 0 Å². The highest BCUT2D eigenvalue weighted by Gasteiger charge is 2.16. The van der Waals surface area contributed by atoms with Gasteiger partial charge >= 0.3 is 0 Å². The zero-order valence-corrected chi connectivity index (χ0v) is 13.2. The van der Waals surface area contributed by atoms with Crippen molar-refractivity contribution in [1.82, 2.24) is 14.6 Å². The van der Waals surface area contributed by atoms with Crippen LogP contribution in [0.5, 0.6) is 5.75 Å². The summed E-state index contributed by atoms with van der Waals surface area (Å²) in [6.07, 6.45) is 8.54. The number of ketones is 1. The van der Waals surface area contributed by atoms with Crippen molar-refractivity contribution >= 4 is 17.5 Å². The summed E-state index contributed by atoms with van der Waals surface area (Å²) in [6.45, 7) is -0.0334. The Morgan fingerprint density at radius 1 is 1.42 bits per heavy atom. The van der Waals surface area contributed by atoms with Gasteiger partial charge < -0.3 is 9.84 Å². The van der Waals surface area contributed by atoms with Gasteiger partial charge in [0.2, 0.25) is 0 Å². The average Bonchev–Trinajstić information content (AvgIpc) is 3.04. The molecule has 2 aromatic heterocycles. The summed E-state index contributed by atoms with van der Waals surface area (Å²) in [7, 11) is 1.57. The van der Waals surface area contributed by atoms with Gasteiger partial charge in [0.1, 0.15) is 5.75 Å². The largest absolute Gasteiger partial charge is 0.496 e. The van der Waals surface area contributed by atoms with E-state index in [4.69, 9.17) is 9.84 Å². The molecule has 0 spiro atoms. The molecule has 1 aromatic carbocycles. The van der Waals surface area contributed by atoms with E-state index in [1.807, 2.05) is 18.2 Å². The Kier molecular flexibility index (Phi) is 4.67. The lowest BCUT2D eigenvalue weighted by atomic mass is 10.0. The van der Waals surface area contributed by atoms with Crippen LogP contribution < -0.4 is 4.74 Å². The average molecular weight is 323 g/mol. The van der Waals surface area contributed by atoms with Gasteiger partial charge in [-0.1, -0.05) is 18.2 Å². The van der Waals surface area contributed by atoms with Crippen LogP contribution in [0.2, 0.25) is 0 Å². The molecule has 0 aliphatic rings. The summed E-state index contributed by atoms with van der Waals surface area (Å²) in [5.74, 6) is 0.569. The number of carbonyl (C=O) groups is 1. The fourth-order valence-corrected chi connectivity index (χ4v) is 2.52. The lowest BCUT2D eigenvalue weighted by Crippen LogP contribution is -2.05. The second kappa shape index (κ2) is 7.06. The van der Waals surface area contributed by atoms with Crippen molar-refractivity contribution in [2.45, 2.75) is 6.42 Å². The van der Waals surface area contributed by atoms with Gasteiger partial charge in [-0.2, -0.15) is 5.10 Å². The van der Waals surface area contributed by atoms with Crippen LogP contribution in [-0.2, 0) is 6.42 Å². The predicted octanol–water partition coefficient (Wildman–Crippen LogP) is 2.17. The fraction of sp³-hybridized carbons (Fsp3) is 0.167. The van der Waals surface area contributed by atoms with Crippen LogP contribution in [0.25, 0.3) is 11.7 Å². The molecule has 3 rings (SSSR count). The summed E-state index contributed by atoms with van der Waals surface area (Å²) < 4.78 is 6.92. The quantitative estimate of drug-likeness (QED) is 0.704. The molecule has 6 nitrogen and oxygen atoms in total. The van der Waals surface area contributed by atoms with Crippen LogP contribution >= 0.6 is 0 Å². The maximum atomic E-state index is 12.7. The summed E-state index contributed by atoms with van der Waals surface area (Å²) in [6, 6.07) is 7.32. The van der Waals surface area contributed by atoms with E-state index in [1.165, 1.54) is 6.20 Å². The van der Waals surface area contributed by atoms with Crippen molar-refractivity contribution in [2.75, 3.05) is 13.7 Å². The number of aromatic nitrogens is 3. The molecule has 0 atom stereocenters. The molecule has 0 aliphatic carbocycles. The number of nitrogens with zero attached hydrogens (tertiary/aromatic N) is 3. The minimum atomic E-state index is -0.0784. The molecule has 24 heavy (non-hydrogen) atoms. The van der Waals surface area contributed by atoms with Gasteiger partial charge in [-0.25, -0.2) is 9.50 Å². The second-order valence-corrected chi connectivity index (χ2v) is 5.20. The number of benzene rings is 1. The van der Waals surface area contributed by atoms with E-state index < -0.39 is 0 Å². The van der Waals surface area contributed by atoms with Gasteiger partial charge in [-0.15, -0.1) is 0 Å². The Labute approximate surface area is 139 Å². The minimum absolute atomic E-state index is 0.0334. The minimum Gasteiger partial charge on any atom is -0.496 e. The molecule has 2 heterocycles. The molecule has 122 valence electrons. The molecule has 0 radical (unpaired) electrons. The van der Waals surface area contributed by atoms with Crippen LogP contribution in [0.4, 0.5) is 0 Å². The lowest BCUT2D eigenvalue weighted by Gasteiger charge is -2.09. The fourth-order valence-electron chi connectivity index (χ4n) is 2.52. The Morgan fingerprint density at radius 2 is 2.29 bits per heavy atom. The Balaban J connectivity index is 1.92. The van der Waals surface area contributed by atoms with Crippen LogP contribution in [0.1, 0.15) is 21.5 Å². The highest BCUT2D eigenvalue weighted by atomic mass is 16.5. The SMILES string of the molecule is COc1ccc(/C=C/CO)cc1CC(=O)c1cnn2cccnc12. The lowest BCUT2D eigenvalue weighted by molar-refractivity contribution is 0.0993. The third-order valence-electron chi connectivity index (χ3n) is 3.65. The molecular weight excluding hydrogens is 306 g/mol. The first-order valence-electron chi connectivity index (χ1n) is 7.49. The van der Waals surface area contributed by atoms with Crippen LogP contribution in [0, 0.1) is 0 Å². The maximum Gasteiger partial charge on any atom is 0.172 e. The number of aliphatic hydroxyl groups excluding tert-OH is 1. The number of rotatable bonds is 6. The molecule has 0 aliphatic heterocycles. The number of methoxy groups -OCH3 is 1. The van der Waals surface area contributed by atoms with E-state index in [0.717, 1.165) is 11.1 Å². The zero-order valence-electron chi connectivity index (χ0n) is 13.2. The molecule has 0 saturated carbocycles. The topological polar surface area (TPSA) is 76.7 Å². The van der Waals surface area contributed by atoms with Crippen molar-refractivity contribution in [2.24, 2.45) is 0 Å². The van der Waals surface area contributed by atoms with E-state index in [2.05, 4.69) is 10.1 Å². The summed E-state index contributed by atoms with van der Waals surface area (Å²) in [5.41, 5.74) is 2.69. The van der Waals surface area contributed by atoms with Gasteiger partial charge in [0.25, 0.3) is 0 Å². The number of fused-ring (bicyclic) bond motifs is 1. The number of hydrogen-bond acceptors (Lipinski definition) is 5. The molecule has 0 saturated heterocycles. The van der Waals surface area contributed by atoms with Gasteiger partial charge in [0, 0.05) is 24.4 Å². The van der Waals surface area contributed by atoms with Gasteiger partial charge in [-0.05, 0) is 23.8 Å². The van der Waals surface area contributed by atoms with Gasteiger partial charge in [0.15, 0.2) is 11.4 Å². The van der Waals surface area contributed by atoms with Crippen LogP contribution in [0.3, 0.4) is 0 Å². The molecule has 0 unspecified atom stereocenters. The Hall–Kier alpha value is -2.99. The van der Waals surface area contributed by atoms with Crippen molar-refractivity contribution < 1.29 is 14.6 Å². The monoisotopic (exact) mass is 323 g/mol. The van der Waals surface area contributed by atoms with Crippen molar-refractivity contribution in [3.63, 3.8) is 0 Å². The maximum absolute atomic E-state index is 12.7. The molecule has 6 heteroatoms. The van der Waals surface area contributed by atoms with Crippen molar-refractivity contribution in [1.29, 1.82) is 0 Å². The molecular formula is C18H17N3O3. The number of ether oxygens (including phenoxy) is 1. The Bertz CT molecular complexity index is 899. The third kappa shape index (κ3) is 3.18. The van der Waals surface area contributed by atoms with E-state index in [1.54, 1.807) is 42.2 Å². The van der Waals surface area contributed by atoms with Gasteiger partial charge in [-0.3, -0.25) is 4.79 Å². The number of hydrogen-bond donors (Lipinski definition) is 1. The summed E-state index contributed by atoms with van der Waals surface area (Å²) in [4.78, 5) is 16.9. The first-order chi connectivity index (χ1) is 11.7. The summed E-state index contributed by atoms with van der Waals surface area (Å²) in [5, 5.41) is 13.0. The molecule has 0 fully saturated rings. The molecule has 0 bridgehead atoms. The van der Waals surface area contributed by atoms with Crippen molar-refractivity contribution in [3.05, 3.63) is 65.6 Å². The van der Waals surface area contributed by atoms with Crippen molar-refractivity contribution in [3.8, 4) is 5.75 Å². The Morgan fingerprint density at radius 3 is 3.08 bits per heavy atom. The molecule has 0 amide bonds. The molecule has 3 aromatic rings. The van der Waals surface area contributed by atoms with E-state index in [0.29, 0.717) is 17.0 Å². The number of Topliss-reactive ketones (excluding diaryl/α,β-unsaturated/α-hetero) is 1. The smallest absolute Gasteiger partial charge is 0.172 e. The molecule has 1 N–H and O–H groups in total. The number of aliphatic hydroxyl groups is 1. The van der Waals surface area contributed by atoms with Gasteiger partial charge in [0.05, 0.1) is 25.5 Å². The van der Waals surface area contributed by atoms with E-state index in [9.17, 15) is 4.79 Å².